The first-order valence-corrected chi connectivity index (χ1v) is 11.4. The van der Waals surface area contributed by atoms with Crippen molar-refractivity contribution in [2.45, 2.75) is 58.8 Å². The van der Waals surface area contributed by atoms with Crippen LogP contribution in [0.15, 0.2) is 36.4 Å². The van der Waals surface area contributed by atoms with Crippen LogP contribution in [0.5, 0.6) is 5.75 Å². The first-order valence-electron chi connectivity index (χ1n) is 10.6. The topological polar surface area (TPSA) is 49.8 Å². The van der Waals surface area contributed by atoms with E-state index in [1.165, 1.54) is 4.88 Å². The minimum Gasteiger partial charge on any atom is -0.491 e. The summed E-state index contributed by atoms with van der Waals surface area (Å²) in [5.74, 6) is 6.88. The maximum absolute atomic E-state index is 13.1. The van der Waals surface area contributed by atoms with Crippen LogP contribution in [-0.4, -0.2) is 40.6 Å². The highest BCUT2D eigenvalue weighted by molar-refractivity contribution is 7.12. The summed E-state index contributed by atoms with van der Waals surface area (Å²) in [4.78, 5) is 17.6. The van der Waals surface area contributed by atoms with E-state index in [9.17, 15) is 9.90 Å². The normalized spacial score (nSPS) is 17.5. The molecule has 1 saturated heterocycles. The number of piperidine rings is 1. The fourth-order valence-corrected chi connectivity index (χ4v) is 4.51. The number of aliphatic hydroxyl groups is 1. The van der Waals surface area contributed by atoms with Crippen molar-refractivity contribution in [2.75, 3.05) is 13.1 Å². The molecule has 0 radical (unpaired) electrons. The standard InChI is InChI=1S/C25H31NO3S/c1-18(2)29-21-9-5-7-19(15-21)24(27)20-8-6-14-26(16-20)17-23-11-10-22(30-23)12-13-25(3,4)28/h5,7,9-11,15,18,20,28H,6,8,14,16-17H2,1-4H3. The molecule has 4 nitrogen and oxygen atoms in total. The Morgan fingerprint density at radius 3 is 2.87 bits per heavy atom. The van der Waals surface area contributed by atoms with Crippen LogP contribution in [0.25, 0.3) is 0 Å². The summed E-state index contributed by atoms with van der Waals surface area (Å²) in [6, 6.07) is 11.7. The van der Waals surface area contributed by atoms with Crippen molar-refractivity contribution in [1.82, 2.24) is 4.90 Å². The lowest BCUT2D eigenvalue weighted by Crippen LogP contribution is -2.38. The number of benzene rings is 1. The lowest BCUT2D eigenvalue weighted by molar-refractivity contribution is 0.0812. The second-order valence-electron chi connectivity index (χ2n) is 8.71. The second kappa shape index (κ2) is 9.78. The molecule has 30 heavy (non-hydrogen) atoms. The number of hydrogen-bond acceptors (Lipinski definition) is 5. The minimum atomic E-state index is -0.984. The van der Waals surface area contributed by atoms with E-state index in [2.05, 4.69) is 22.8 Å². The van der Waals surface area contributed by atoms with Crippen LogP contribution in [0.1, 0.15) is 60.6 Å². The van der Waals surface area contributed by atoms with Gasteiger partial charge < -0.3 is 9.84 Å². The van der Waals surface area contributed by atoms with Crippen LogP contribution >= 0.6 is 11.3 Å². The summed E-state index contributed by atoms with van der Waals surface area (Å²) in [6.07, 6.45) is 2.04. The van der Waals surface area contributed by atoms with Crippen LogP contribution in [0.3, 0.4) is 0 Å². The molecule has 1 aliphatic heterocycles. The molecule has 1 atom stereocenters. The van der Waals surface area contributed by atoms with Gasteiger partial charge in [-0.25, -0.2) is 0 Å². The van der Waals surface area contributed by atoms with E-state index in [0.29, 0.717) is 0 Å². The maximum Gasteiger partial charge on any atom is 0.167 e. The first-order chi connectivity index (χ1) is 14.2. The number of hydrogen-bond donors (Lipinski definition) is 1. The highest BCUT2D eigenvalue weighted by Crippen LogP contribution is 2.26. The molecule has 5 heteroatoms. The van der Waals surface area contributed by atoms with Gasteiger partial charge in [0.2, 0.25) is 0 Å². The largest absolute Gasteiger partial charge is 0.491 e. The summed E-state index contributed by atoms with van der Waals surface area (Å²) in [5.41, 5.74) is -0.248. The number of ether oxygens (including phenoxy) is 1. The van der Waals surface area contributed by atoms with Gasteiger partial charge in [0.05, 0.1) is 11.0 Å². The van der Waals surface area contributed by atoms with Gasteiger partial charge in [-0.3, -0.25) is 9.69 Å². The quantitative estimate of drug-likeness (QED) is 0.536. The average molecular weight is 426 g/mol. The predicted molar refractivity (Wildman–Crippen MR) is 122 cm³/mol. The number of rotatable bonds is 6. The van der Waals surface area contributed by atoms with Crippen molar-refractivity contribution < 1.29 is 14.6 Å². The molecule has 1 aromatic carbocycles. The SMILES string of the molecule is CC(C)Oc1cccc(C(=O)C2CCCN(Cc3ccc(C#CC(C)(C)O)s3)C2)c1. The third kappa shape index (κ3) is 6.70. The van der Waals surface area contributed by atoms with E-state index in [1.54, 1.807) is 25.2 Å². The zero-order chi connectivity index (χ0) is 21.7. The molecule has 2 heterocycles. The van der Waals surface area contributed by atoms with Gasteiger partial charge in [-0.15, -0.1) is 11.3 Å². The van der Waals surface area contributed by atoms with Crippen LogP contribution in [0.2, 0.25) is 0 Å². The number of carbonyl (C=O) groups is 1. The van der Waals surface area contributed by atoms with Crippen LogP contribution in [0.4, 0.5) is 0 Å². The van der Waals surface area contributed by atoms with Crippen LogP contribution < -0.4 is 4.74 Å². The number of ketones is 1. The molecule has 1 fully saturated rings. The molecule has 1 aromatic heterocycles. The fourth-order valence-electron chi connectivity index (χ4n) is 3.61. The molecule has 160 valence electrons. The van der Waals surface area contributed by atoms with Gasteiger partial charge in [-0.2, -0.15) is 0 Å². The number of thiophene rings is 1. The molecule has 0 aliphatic carbocycles. The Balaban J connectivity index is 1.62. The van der Waals surface area contributed by atoms with Gasteiger partial charge in [-0.1, -0.05) is 24.0 Å². The molecule has 1 unspecified atom stereocenters. The zero-order valence-corrected chi connectivity index (χ0v) is 19.1. The highest BCUT2D eigenvalue weighted by atomic mass is 32.1. The Bertz CT molecular complexity index is 930. The van der Waals surface area contributed by atoms with Crippen LogP contribution in [-0.2, 0) is 6.54 Å². The summed E-state index contributed by atoms with van der Waals surface area (Å²) < 4.78 is 5.75. The predicted octanol–water partition coefficient (Wildman–Crippen LogP) is 4.75. The van der Waals surface area contributed by atoms with Crippen molar-refractivity contribution in [2.24, 2.45) is 5.92 Å². The van der Waals surface area contributed by atoms with Gasteiger partial charge in [-0.05, 0) is 71.3 Å². The lowest BCUT2D eigenvalue weighted by Gasteiger charge is -2.31. The van der Waals surface area contributed by atoms with Gasteiger partial charge in [0.15, 0.2) is 5.78 Å². The van der Waals surface area contributed by atoms with Crippen molar-refractivity contribution in [3.8, 4) is 17.6 Å². The third-order valence-electron chi connectivity index (χ3n) is 4.90. The third-order valence-corrected chi connectivity index (χ3v) is 5.88. The monoisotopic (exact) mass is 425 g/mol. The van der Waals surface area contributed by atoms with E-state index in [4.69, 9.17) is 4.74 Å². The lowest BCUT2D eigenvalue weighted by atomic mass is 9.90. The average Bonchev–Trinajstić information content (AvgIpc) is 3.12. The summed E-state index contributed by atoms with van der Waals surface area (Å²) in [7, 11) is 0. The first kappa shape index (κ1) is 22.6. The molecule has 0 bridgehead atoms. The zero-order valence-electron chi connectivity index (χ0n) is 18.3. The van der Waals surface area contributed by atoms with E-state index in [-0.39, 0.29) is 17.8 Å². The second-order valence-corrected chi connectivity index (χ2v) is 9.88. The molecule has 2 aromatic rings. The van der Waals surface area contributed by atoms with Crippen molar-refractivity contribution in [3.63, 3.8) is 0 Å². The molecular formula is C25H31NO3S. The van der Waals surface area contributed by atoms with E-state index in [0.717, 1.165) is 48.7 Å². The van der Waals surface area contributed by atoms with Gasteiger partial charge in [0, 0.05) is 29.4 Å². The molecule has 1 N–H and O–H groups in total. The number of carbonyl (C=O) groups excluding carboxylic acids is 1. The van der Waals surface area contributed by atoms with Crippen molar-refractivity contribution in [3.05, 3.63) is 51.7 Å². The summed E-state index contributed by atoms with van der Waals surface area (Å²) in [5, 5.41) is 9.76. The smallest absolute Gasteiger partial charge is 0.167 e. The number of Topliss-reactive ketones (excluding diaryl/α,β-unsaturated/α-hetero) is 1. The molecule has 1 aliphatic rings. The van der Waals surface area contributed by atoms with Crippen LogP contribution in [0, 0.1) is 17.8 Å². The summed E-state index contributed by atoms with van der Waals surface area (Å²) >= 11 is 1.65. The van der Waals surface area contributed by atoms with E-state index < -0.39 is 5.60 Å². The van der Waals surface area contributed by atoms with Crippen molar-refractivity contribution in [1.29, 1.82) is 0 Å². The van der Waals surface area contributed by atoms with E-state index >= 15 is 0 Å². The molecular weight excluding hydrogens is 394 g/mol. The summed E-state index contributed by atoms with van der Waals surface area (Å²) in [6.45, 7) is 9.95. The molecule has 0 amide bonds. The number of nitrogens with zero attached hydrogens (tertiary/aromatic N) is 1. The number of likely N-dealkylation sites (tertiary alicyclic amines) is 1. The fraction of sp³-hybridized carbons (Fsp3) is 0.480. The Labute approximate surface area is 183 Å². The molecule has 0 saturated carbocycles. The highest BCUT2D eigenvalue weighted by Gasteiger charge is 2.27. The Morgan fingerprint density at radius 1 is 1.33 bits per heavy atom. The van der Waals surface area contributed by atoms with Crippen molar-refractivity contribution >= 4 is 17.1 Å². The van der Waals surface area contributed by atoms with Gasteiger partial charge >= 0.3 is 0 Å². The molecule has 3 rings (SSSR count). The maximum atomic E-state index is 13.1. The Morgan fingerprint density at radius 2 is 2.13 bits per heavy atom. The Kier molecular flexibility index (Phi) is 7.36. The van der Waals surface area contributed by atoms with Gasteiger partial charge in [0.25, 0.3) is 0 Å². The van der Waals surface area contributed by atoms with E-state index in [1.807, 2.05) is 44.2 Å². The van der Waals surface area contributed by atoms with Gasteiger partial charge in [0.1, 0.15) is 11.4 Å². The minimum absolute atomic E-state index is 0.0162. The Hall–Kier alpha value is -2.13. The molecule has 0 spiro atoms.